The van der Waals surface area contributed by atoms with Gasteiger partial charge in [-0.2, -0.15) is 0 Å². The van der Waals surface area contributed by atoms with E-state index in [0.29, 0.717) is 18.5 Å². The molecule has 0 unspecified atom stereocenters. The van der Waals surface area contributed by atoms with Gasteiger partial charge in [0.2, 0.25) is 5.91 Å². The summed E-state index contributed by atoms with van der Waals surface area (Å²) in [4.78, 5) is 22.9. The van der Waals surface area contributed by atoms with Gasteiger partial charge in [-0.15, -0.1) is 0 Å². The molecule has 0 saturated heterocycles. The second kappa shape index (κ2) is 20.2. The molecule has 4 heteroatoms. The maximum atomic E-state index is 11.7. The molecule has 0 saturated carbocycles. The number of hydrogen-bond donors (Lipinski definition) is 1. The third-order valence-corrected chi connectivity index (χ3v) is 4.67. The highest BCUT2D eigenvalue weighted by molar-refractivity contribution is 5.86. The van der Waals surface area contributed by atoms with E-state index in [1.165, 1.54) is 70.6 Å². The van der Waals surface area contributed by atoms with Gasteiger partial charge in [0.25, 0.3) is 0 Å². The van der Waals surface area contributed by atoms with E-state index >= 15 is 0 Å². The van der Waals surface area contributed by atoms with Crippen LogP contribution in [-0.2, 0) is 14.3 Å². The van der Waals surface area contributed by atoms with Gasteiger partial charge < -0.3 is 10.1 Å². The van der Waals surface area contributed by atoms with Crippen molar-refractivity contribution in [1.82, 2.24) is 5.32 Å². The molecule has 0 aliphatic rings. The van der Waals surface area contributed by atoms with Crippen molar-refractivity contribution in [1.29, 1.82) is 0 Å². The van der Waals surface area contributed by atoms with Crippen molar-refractivity contribution in [2.45, 2.75) is 104 Å². The molecule has 4 nitrogen and oxygen atoms in total. The number of rotatable bonds is 19. The summed E-state index contributed by atoms with van der Waals surface area (Å²) in [5.41, 5.74) is 0.375. The summed E-state index contributed by atoms with van der Waals surface area (Å²) in [5, 5.41) is 2.77. The zero-order valence-corrected chi connectivity index (χ0v) is 18.4. The smallest absolute Gasteiger partial charge is 0.333 e. The Morgan fingerprint density at radius 3 is 1.96 bits per heavy atom. The third kappa shape index (κ3) is 19.2. The van der Waals surface area contributed by atoms with Crippen LogP contribution in [0.1, 0.15) is 104 Å². The van der Waals surface area contributed by atoms with Gasteiger partial charge in [0.1, 0.15) is 6.61 Å². The molecular formula is C24H43NO3. The van der Waals surface area contributed by atoms with E-state index in [4.69, 9.17) is 4.74 Å². The molecule has 162 valence electrons. The average molecular weight is 394 g/mol. The summed E-state index contributed by atoms with van der Waals surface area (Å²) in [5.74, 6) is -0.379. The van der Waals surface area contributed by atoms with Crippen LogP contribution in [0.25, 0.3) is 0 Å². The van der Waals surface area contributed by atoms with Crippen molar-refractivity contribution in [2.75, 3.05) is 13.2 Å². The lowest BCUT2D eigenvalue weighted by Crippen LogP contribution is -2.27. The molecule has 1 N–H and O–H groups in total. The van der Waals surface area contributed by atoms with Crippen molar-refractivity contribution < 1.29 is 14.3 Å². The fraction of sp³-hybridized carbons (Fsp3) is 0.750. The molecule has 0 bridgehead atoms. The Hall–Kier alpha value is -1.58. The summed E-state index contributed by atoms with van der Waals surface area (Å²) < 4.78 is 4.93. The maximum Gasteiger partial charge on any atom is 0.333 e. The first-order chi connectivity index (χ1) is 13.6. The molecule has 0 spiro atoms. The molecule has 0 aliphatic heterocycles. The van der Waals surface area contributed by atoms with Crippen LogP contribution in [0.3, 0.4) is 0 Å². The lowest BCUT2D eigenvalue weighted by atomic mass is 10.1. The van der Waals surface area contributed by atoms with Gasteiger partial charge in [0.15, 0.2) is 0 Å². The minimum atomic E-state index is -0.411. The second-order valence-electron chi connectivity index (χ2n) is 7.60. The van der Waals surface area contributed by atoms with Crippen LogP contribution in [0.5, 0.6) is 0 Å². The number of unbranched alkanes of at least 4 members (excludes halogenated alkanes) is 11. The van der Waals surface area contributed by atoms with Crippen molar-refractivity contribution in [3.05, 3.63) is 24.3 Å². The standard InChI is InChI=1S/C24H43NO3/c1-4-5-6-7-8-9-10-11-12-13-14-15-16-17-18-19-23(26)25-20-21-28-24(27)22(2)3/h11-12H,2,4-10,13-21H2,1,3H3,(H,25,26)/b12-11-. The van der Waals surface area contributed by atoms with E-state index in [1.54, 1.807) is 6.92 Å². The highest BCUT2D eigenvalue weighted by Crippen LogP contribution is 2.09. The predicted octanol–water partition coefficient (Wildman–Crippen LogP) is 6.26. The van der Waals surface area contributed by atoms with Crippen LogP contribution in [0.15, 0.2) is 24.3 Å². The van der Waals surface area contributed by atoms with Crippen LogP contribution in [0.2, 0.25) is 0 Å². The number of esters is 1. The van der Waals surface area contributed by atoms with Gasteiger partial charge in [0.05, 0.1) is 6.54 Å². The molecule has 0 radical (unpaired) electrons. The Kier molecular flexibility index (Phi) is 19.0. The van der Waals surface area contributed by atoms with E-state index in [-0.39, 0.29) is 12.5 Å². The molecule has 0 heterocycles. The van der Waals surface area contributed by atoms with Gasteiger partial charge >= 0.3 is 5.97 Å². The quantitative estimate of drug-likeness (QED) is 0.122. The predicted molar refractivity (Wildman–Crippen MR) is 118 cm³/mol. The Labute approximate surface area is 173 Å². The van der Waals surface area contributed by atoms with E-state index in [1.807, 2.05) is 0 Å². The number of carbonyl (C=O) groups excluding carboxylic acids is 2. The Bertz CT molecular complexity index is 443. The largest absolute Gasteiger partial charge is 0.460 e. The van der Waals surface area contributed by atoms with E-state index in [0.717, 1.165) is 12.8 Å². The normalized spacial score (nSPS) is 10.9. The first-order valence-electron chi connectivity index (χ1n) is 11.3. The zero-order valence-electron chi connectivity index (χ0n) is 18.4. The topological polar surface area (TPSA) is 55.4 Å². The SMILES string of the molecule is C=C(C)C(=O)OCCNC(=O)CCCCCCC/C=C\CCCCCCCC. The van der Waals surface area contributed by atoms with Crippen molar-refractivity contribution in [3.8, 4) is 0 Å². The number of allylic oxidation sites excluding steroid dienone is 2. The van der Waals surface area contributed by atoms with Crippen LogP contribution in [0.4, 0.5) is 0 Å². The minimum Gasteiger partial charge on any atom is -0.460 e. The first kappa shape index (κ1) is 26.4. The number of amides is 1. The Balaban J connectivity index is 3.29. The van der Waals surface area contributed by atoms with Gasteiger partial charge in [-0.25, -0.2) is 4.79 Å². The molecule has 0 aromatic heterocycles. The highest BCUT2D eigenvalue weighted by atomic mass is 16.5. The lowest BCUT2D eigenvalue weighted by molar-refractivity contribution is -0.139. The summed E-state index contributed by atoms with van der Waals surface area (Å²) in [6, 6.07) is 0. The molecule has 0 rings (SSSR count). The summed E-state index contributed by atoms with van der Waals surface area (Å²) >= 11 is 0. The maximum absolute atomic E-state index is 11.7. The Morgan fingerprint density at radius 1 is 0.857 bits per heavy atom. The van der Waals surface area contributed by atoms with Crippen LogP contribution >= 0.6 is 0 Å². The van der Waals surface area contributed by atoms with E-state index in [9.17, 15) is 9.59 Å². The highest BCUT2D eigenvalue weighted by Gasteiger charge is 2.04. The second-order valence-corrected chi connectivity index (χ2v) is 7.60. The lowest BCUT2D eigenvalue weighted by Gasteiger charge is -2.06. The molecule has 28 heavy (non-hydrogen) atoms. The minimum absolute atomic E-state index is 0.0315. The van der Waals surface area contributed by atoms with Crippen LogP contribution < -0.4 is 5.32 Å². The number of nitrogens with one attached hydrogen (secondary N) is 1. The fourth-order valence-electron chi connectivity index (χ4n) is 2.90. The molecule has 0 aromatic carbocycles. The van der Waals surface area contributed by atoms with Gasteiger partial charge in [-0.05, 0) is 39.0 Å². The third-order valence-electron chi connectivity index (χ3n) is 4.67. The van der Waals surface area contributed by atoms with Crippen molar-refractivity contribution in [3.63, 3.8) is 0 Å². The zero-order chi connectivity index (χ0) is 20.9. The average Bonchev–Trinajstić information content (AvgIpc) is 2.68. The molecule has 0 atom stereocenters. The van der Waals surface area contributed by atoms with Crippen molar-refractivity contribution in [2.24, 2.45) is 0 Å². The van der Waals surface area contributed by atoms with Crippen LogP contribution in [-0.4, -0.2) is 25.0 Å². The van der Waals surface area contributed by atoms with E-state index < -0.39 is 5.97 Å². The fourth-order valence-corrected chi connectivity index (χ4v) is 2.90. The Morgan fingerprint density at radius 2 is 1.39 bits per heavy atom. The number of ether oxygens (including phenoxy) is 1. The summed E-state index contributed by atoms with van der Waals surface area (Å²) in [6.45, 7) is 7.93. The molecule has 1 amide bonds. The first-order valence-corrected chi connectivity index (χ1v) is 11.3. The summed E-state index contributed by atoms with van der Waals surface area (Å²) in [6.07, 6.45) is 21.5. The van der Waals surface area contributed by atoms with Crippen molar-refractivity contribution >= 4 is 11.9 Å². The molecule has 0 aromatic rings. The summed E-state index contributed by atoms with van der Waals surface area (Å²) in [7, 11) is 0. The number of carbonyl (C=O) groups is 2. The van der Waals surface area contributed by atoms with Gasteiger partial charge in [-0.3, -0.25) is 4.79 Å². The molecular weight excluding hydrogens is 350 g/mol. The van der Waals surface area contributed by atoms with Gasteiger partial charge in [0, 0.05) is 12.0 Å². The van der Waals surface area contributed by atoms with Crippen LogP contribution in [0, 0.1) is 0 Å². The van der Waals surface area contributed by atoms with Gasteiger partial charge in [-0.1, -0.05) is 77.0 Å². The monoisotopic (exact) mass is 393 g/mol. The molecule has 0 fully saturated rings. The number of hydrogen-bond acceptors (Lipinski definition) is 3. The van der Waals surface area contributed by atoms with E-state index in [2.05, 4.69) is 31.0 Å². The molecule has 0 aliphatic carbocycles.